The second-order valence-corrected chi connectivity index (χ2v) is 13.5. The summed E-state index contributed by atoms with van der Waals surface area (Å²) < 4.78 is 0. The van der Waals surface area contributed by atoms with Gasteiger partial charge in [-0.3, -0.25) is 0 Å². The zero-order valence-electron chi connectivity index (χ0n) is 26.9. The largest absolute Gasteiger partial charge is 0.396 e. The van der Waals surface area contributed by atoms with E-state index in [-0.39, 0.29) is 10.8 Å². The lowest BCUT2D eigenvalue weighted by atomic mass is 9.75. The topological polar surface area (TPSA) is 38.9 Å². The summed E-state index contributed by atoms with van der Waals surface area (Å²) >= 11 is 0. The smallest absolute Gasteiger partial charge is 0.0944 e. The highest BCUT2D eigenvalue weighted by molar-refractivity contribution is 5.95. The molecule has 0 saturated carbocycles. The first-order valence-electron chi connectivity index (χ1n) is 15.9. The van der Waals surface area contributed by atoms with E-state index in [9.17, 15) is 0 Å². The van der Waals surface area contributed by atoms with E-state index in [1.807, 2.05) is 0 Å². The summed E-state index contributed by atoms with van der Waals surface area (Å²) in [5.74, 6) is 0. The molecule has 222 valence electrons. The molecule has 0 spiro atoms. The van der Waals surface area contributed by atoms with Crippen molar-refractivity contribution in [3.8, 4) is 22.4 Å². The Hall–Kier alpha value is -4.95. The maximum atomic E-state index is 6.79. The van der Waals surface area contributed by atoms with Gasteiger partial charge in [0.15, 0.2) is 0 Å². The van der Waals surface area contributed by atoms with Gasteiger partial charge in [-0.15, -0.1) is 0 Å². The molecule has 0 atom stereocenters. The van der Waals surface area contributed by atoms with Gasteiger partial charge in [0.2, 0.25) is 0 Å². The molecular formula is C43H40N2. The number of nitrogen functional groups attached to an aromatic ring is 1. The molecule has 1 aliphatic carbocycles. The summed E-state index contributed by atoms with van der Waals surface area (Å²) in [5.41, 5.74) is 21.9. The van der Waals surface area contributed by atoms with Crippen LogP contribution in [0.1, 0.15) is 66.6 Å². The lowest BCUT2D eigenvalue weighted by Gasteiger charge is -2.28. The number of aromatic nitrogens is 1. The van der Waals surface area contributed by atoms with E-state index >= 15 is 0 Å². The molecule has 2 N–H and O–H groups in total. The number of nitrogens with two attached hydrogens (primary N) is 1. The Labute approximate surface area is 267 Å². The van der Waals surface area contributed by atoms with Crippen molar-refractivity contribution in [1.82, 2.24) is 4.98 Å². The van der Waals surface area contributed by atoms with Crippen molar-refractivity contribution >= 4 is 22.7 Å². The molecule has 0 saturated heterocycles. The van der Waals surface area contributed by atoms with Crippen molar-refractivity contribution in [2.75, 3.05) is 5.73 Å². The maximum absolute atomic E-state index is 6.79. The third-order valence-corrected chi connectivity index (χ3v) is 9.94. The summed E-state index contributed by atoms with van der Waals surface area (Å²) in [4.78, 5) is 5.11. The van der Waals surface area contributed by atoms with Gasteiger partial charge in [-0.2, -0.15) is 0 Å². The quantitative estimate of drug-likeness (QED) is 0.198. The highest BCUT2D eigenvalue weighted by Gasteiger charge is 2.35. The number of aryl methyl sites for hydroxylation is 1. The molecule has 0 aliphatic heterocycles. The van der Waals surface area contributed by atoms with Crippen LogP contribution in [0.3, 0.4) is 0 Å². The molecule has 0 radical (unpaired) electrons. The molecule has 6 aromatic rings. The third-order valence-electron chi connectivity index (χ3n) is 9.94. The van der Waals surface area contributed by atoms with Crippen molar-refractivity contribution in [2.45, 2.75) is 51.9 Å². The Kier molecular flexibility index (Phi) is 6.97. The number of anilines is 1. The van der Waals surface area contributed by atoms with Crippen LogP contribution in [-0.4, -0.2) is 4.98 Å². The van der Waals surface area contributed by atoms with Gasteiger partial charge < -0.3 is 5.73 Å². The average molecular weight is 585 g/mol. The molecule has 0 bridgehead atoms. The minimum absolute atomic E-state index is 0.0503. The van der Waals surface area contributed by atoms with Gasteiger partial charge in [0.25, 0.3) is 0 Å². The lowest BCUT2D eigenvalue weighted by molar-refractivity contribution is 0.635. The van der Waals surface area contributed by atoms with E-state index in [1.165, 1.54) is 44.5 Å². The number of hydrogen-bond donors (Lipinski definition) is 1. The Morgan fingerprint density at radius 2 is 1.49 bits per heavy atom. The zero-order chi connectivity index (χ0) is 31.3. The molecule has 1 aliphatic rings. The van der Waals surface area contributed by atoms with Crippen molar-refractivity contribution in [3.05, 3.63) is 160 Å². The highest BCUT2D eigenvalue weighted by Crippen LogP contribution is 2.49. The van der Waals surface area contributed by atoms with Crippen LogP contribution < -0.4 is 5.73 Å². The van der Waals surface area contributed by atoms with Gasteiger partial charge in [-0.05, 0) is 75.5 Å². The first-order chi connectivity index (χ1) is 21.6. The lowest BCUT2D eigenvalue weighted by Crippen LogP contribution is -2.20. The van der Waals surface area contributed by atoms with Crippen LogP contribution in [-0.2, 0) is 17.3 Å². The number of pyridine rings is 1. The molecule has 0 unspecified atom stereocenters. The zero-order valence-corrected chi connectivity index (χ0v) is 26.9. The summed E-state index contributed by atoms with van der Waals surface area (Å²) in [6.07, 6.45) is 5.18. The number of allylic oxidation sites excluding steroid dienone is 1. The van der Waals surface area contributed by atoms with Crippen LogP contribution in [0.4, 0.5) is 5.69 Å². The fourth-order valence-corrected chi connectivity index (χ4v) is 7.20. The highest BCUT2D eigenvalue weighted by atomic mass is 14.7. The second-order valence-electron chi connectivity index (χ2n) is 13.5. The van der Waals surface area contributed by atoms with Crippen LogP contribution in [0.15, 0.2) is 121 Å². The van der Waals surface area contributed by atoms with Gasteiger partial charge in [-0.25, -0.2) is 4.98 Å². The molecule has 0 amide bonds. The fourth-order valence-electron chi connectivity index (χ4n) is 7.20. The van der Waals surface area contributed by atoms with Gasteiger partial charge >= 0.3 is 0 Å². The van der Waals surface area contributed by atoms with Crippen LogP contribution in [0.2, 0.25) is 0 Å². The summed E-state index contributed by atoms with van der Waals surface area (Å²) in [7, 11) is 0. The van der Waals surface area contributed by atoms with E-state index < -0.39 is 0 Å². The number of fused-ring (bicyclic) bond motifs is 4. The van der Waals surface area contributed by atoms with E-state index in [0.29, 0.717) is 5.69 Å². The maximum Gasteiger partial charge on any atom is 0.0944 e. The number of nitrogens with zero attached hydrogens (tertiary/aromatic N) is 1. The molecule has 2 nitrogen and oxygen atoms in total. The minimum atomic E-state index is -0.0736. The summed E-state index contributed by atoms with van der Waals surface area (Å²) in [6.45, 7) is 11.5. The molecule has 1 aromatic heterocycles. The SMILES string of the molecule is Cc1ccc(C/C=C\c2ccc3ccc(-c4ccc5c(c4)C(C)(C)c4ccccc4-5)nc3c2N)cc1C(C)(C)c1ccccc1. The molecule has 1 heterocycles. The molecule has 2 heteroatoms. The van der Waals surface area contributed by atoms with Crippen molar-refractivity contribution < 1.29 is 0 Å². The van der Waals surface area contributed by atoms with Crippen molar-refractivity contribution in [1.29, 1.82) is 0 Å². The van der Waals surface area contributed by atoms with E-state index in [4.69, 9.17) is 10.7 Å². The van der Waals surface area contributed by atoms with Gasteiger partial charge in [-0.1, -0.05) is 143 Å². The molecule has 45 heavy (non-hydrogen) atoms. The van der Waals surface area contributed by atoms with E-state index in [2.05, 4.69) is 162 Å². The van der Waals surface area contributed by atoms with Gasteiger partial charge in [0.1, 0.15) is 0 Å². The predicted octanol–water partition coefficient (Wildman–Crippen LogP) is 10.7. The van der Waals surface area contributed by atoms with E-state index in [1.54, 1.807) is 0 Å². The Bertz CT molecular complexity index is 2100. The summed E-state index contributed by atoms with van der Waals surface area (Å²) in [5, 5.41) is 1.05. The minimum Gasteiger partial charge on any atom is -0.396 e. The van der Waals surface area contributed by atoms with Crippen LogP contribution in [0.5, 0.6) is 0 Å². The molecule has 5 aromatic carbocycles. The molecular weight excluding hydrogens is 544 g/mol. The second kappa shape index (κ2) is 10.9. The molecule has 0 fully saturated rings. The number of benzene rings is 5. The number of rotatable bonds is 6. The third kappa shape index (κ3) is 4.95. The monoisotopic (exact) mass is 584 g/mol. The Morgan fingerprint density at radius 1 is 0.756 bits per heavy atom. The van der Waals surface area contributed by atoms with Crippen LogP contribution >= 0.6 is 0 Å². The first-order valence-corrected chi connectivity index (χ1v) is 15.9. The predicted molar refractivity (Wildman–Crippen MR) is 192 cm³/mol. The normalized spacial score (nSPS) is 13.7. The number of hydrogen-bond acceptors (Lipinski definition) is 2. The fraction of sp³-hybridized carbons (Fsp3) is 0.186. The standard InChI is InChI=1S/C43H40N2/c1-28-18-19-29(26-37(28)42(2,3)33-14-7-6-8-15-33)12-11-13-30-20-21-31-23-25-39(45-41(31)40(30)44)32-22-24-35-34-16-9-10-17-36(34)43(4,5)38(35)27-32/h6-11,13-27H,12,44H2,1-5H3/b13-11-. The van der Waals surface area contributed by atoms with Crippen molar-refractivity contribution in [2.24, 2.45) is 0 Å². The van der Waals surface area contributed by atoms with Crippen LogP contribution in [0, 0.1) is 6.92 Å². The van der Waals surface area contributed by atoms with Crippen LogP contribution in [0.25, 0.3) is 39.4 Å². The molecule has 7 rings (SSSR count). The van der Waals surface area contributed by atoms with Gasteiger partial charge in [0.05, 0.1) is 16.9 Å². The first kappa shape index (κ1) is 28.8. The Morgan fingerprint density at radius 3 is 2.31 bits per heavy atom. The van der Waals surface area contributed by atoms with E-state index in [0.717, 1.165) is 34.1 Å². The van der Waals surface area contributed by atoms with Gasteiger partial charge in [0, 0.05) is 21.8 Å². The summed E-state index contributed by atoms with van der Waals surface area (Å²) in [6, 6.07) is 41.6. The average Bonchev–Trinajstić information content (AvgIpc) is 3.29. The Balaban J connectivity index is 1.17. The van der Waals surface area contributed by atoms with Crippen molar-refractivity contribution in [3.63, 3.8) is 0 Å².